The van der Waals surface area contributed by atoms with Crippen LogP contribution in [0.1, 0.15) is 34.1 Å². The predicted octanol–water partition coefficient (Wildman–Crippen LogP) is 2.81. The van der Waals surface area contributed by atoms with Gasteiger partial charge in [-0.25, -0.2) is 0 Å². The molecule has 2 rings (SSSR count). The molecule has 0 radical (unpaired) electrons. The van der Waals surface area contributed by atoms with Crippen LogP contribution in [0, 0.1) is 22.7 Å². The molecule has 0 aromatic rings. The molecule has 2 aliphatic carbocycles. The Hall–Kier alpha value is -0.590. The molecule has 0 saturated heterocycles. The van der Waals surface area contributed by atoms with Crippen LogP contribution in [0.15, 0.2) is 12.2 Å². The van der Waals surface area contributed by atoms with Crippen LogP contribution < -0.4 is 0 Å². The minimum absolute atomic E-state index is 0.119. The number of rotatable bonds is 1. The first-order valence-corrected chi connectivity index (χ1v) is 5.10. The summed E-state index contributed by atoms with van der Waals surface area (Å²) in [5.74, 6) is 1.46. The lowest BCUT2D eigenvalue weighted by Crippen LogP contribution is -2.44. The van der Waals surface area contributed by atoms with Crippen LogP contribution in [-0.2, 0) is 4.79 Å². The zero-order chi connectivity index (χ0) is 9.85. The highest BCUT2D eigenvalue weighted by molar-refractivity contribution is 5.84. The van der Waals surface area contributed by atoms with Crippen molar-refractivity contribution in [3.8, 4) is 0 Å². The van der Waals surface area contributed by atoms with Crippen LogP contribution in [0.5, 0.6) is 0 Å². The molecule has 0 heterocycles. The van der Waals surface area contributed by atoms with Crippen LogP contribution in [0.4, 0.5) is 0 Å². The van der Waals surface area contributed by atoms with Gasteiger partial charge in [0, 0.05) is 5.41 Å². The second-order valence-electron chi connectivity index (χ2n) is 5.31. The SMILES string of the molecule is CC(=O)C1(C)[C@H]2C=C[C@H](C2)C1(C)C. The van der Waals surface area contributed by atoms with Gasteiger partial charge < -0.3 is 0 Å². The summed E-state index contributed by atoms with van der Waals surface area (Å²) in [6.45, 7) is 8.37. The first kappa shape index (κ1) is 8.98. The Labute approximate surface area is 80.2 Å². The van der Waals surface area contributed by atoms with E-state index in [2.05, 4.69) is 32.9 Å². The molecule has 2 bridgehead atoms. The molecule has 2 aliphatic rings. The van der Waals surface area contributed by atoms with E-state index in [1.165, 1.54) is 6.42 Å². The van der Waals surface area contributed by atoms with E-state index >= 15 is 0 Å². The van der Waals surface area contributed by atoms with E-state index in [4.69, 9.17) is 0 Å². The minimum atomic E-state index is -0.119. The molecule has 0 N–H and O–H groups in total. The molecule has 1 nitrogen and oxygen atoms in total. The number of Topliss-reactive ketones (excluding diaryl/α,β-unsaturated/α-hetero) is 1. The van der Waals surface area contributed by atoms with Crippen LogP contribution in [0.3, 0.4) is 0 Å². The first-order valence-electron chi connectivity index (χ1n) is 5.10. The zero-order valence-corrected chi connectivity index (χ0v) is 8.92. The number of hydrogen-bond donors (Lipinski definition) is 0. The van der Waals surface area contributed by atoms with Crippen molar-refractivity contribution in [2.45, 2.75) is 34.1 Å². The van der Waals surface area contributed by atoms with Crippen LogP contribution >= 0.6 is 0 Å². The summed E-state index contributed by atoms with van der Waals surface area (Å²) < 4.78 is 0. The average Bonchev–Trinajstić information content (AvgIpc) is 2.54. The van der Waals surface area contributed by atoms with Gasteiger partial charge in [-0.2, -0.15) is 0 Å². The van der Waals surface area contributed by atoms with E-state index in [9.17, 15) is 4.79 Å². The van der Waals surface area contributed by atoms with E-state index in [1.54, 1.807) is 6.92 Å². The number of ketones is 1. The summed E-state index contributed by atoms with van der Waals surface area (Å²) in [7, 11) is 0. The summed E-state index contributed by atoms with van der Waals surface area (Å²) in [4.78, 5) is 11.7. The van der Waals surface area contributed by atoms with Crippen molar-refractivity contribution in [1.82, 2.24) is 0 Å². The maximum atomic E-state index is 11.7. The van der Waals surface area contributed by atoms with E-state index in [0.717, 1.165) is 0 Å². The lowest BCUT2D eigenvalue weighted by molar-refractivity contribution is -0.133. The van der Waals surface area contributed by atoms with Gasteiger partial charge in [0.2, 0.25) is 0 Å². The molecule has 3 atom stereocenters. The van der Waals surface area contributed by atoms with Crippen molar-refractivity contribution in [3.05, 3.63) is 12.2 Å². The van der Waals surface area contributed by atoms with Crippen molar-refractivity contribution in [3.63, 3.8) is 0 Å². The van der Waals surface area contributed by atoms with Gasteiger partial charge in [-0.05, 0) is 30.6 Å². The number of fused-ring (bicyclic) bond motifs is 2. The van der Waals surface area contributed by atoms with Gasteiger partial charge in [0.15, 0.2) is 0 Å². The molecule has 1 unspecified atom stereocenters. The number of carbonyl (C=O) groups is 1. The summed E-state index contributed by atoms with van der Waals surface area (Å²) in [6.07, 6.45) is 5.73. The van der Waals surface area contributed by atoms with Crippen LogP contribution in [-0.4, -0.2) is 5.78 Å². The number of allylic oxidation sites excluding steroid dienone is 2. The van der Waals surface area contributed by atoms with Crippen molar-refractivity contribution in [2.75, 3.05) is 0 Å². The molecule has 0 aromatic carbocycles. The third-order valence-corrected chi connectivity index (χ3v) is 4.82. The maximum absolute atomic E-state index is 11.7. The van der Waals surface area contributed by atoms with Crippen molar-refractivity contribution in [1.29, 1.82) is 0 Å². The highest BCUT2D eigenvalue weighted by Gasteiger charge is 2.60. The predicted molar refractivity (Wildman–Crippen MR) is 53.3 cm³/mol. The fourth-order valence-electron chi connectivity index (χ4n) is 3.24. The smallest absolute Gasteiger partial charge is 0.136 e. The molecule has 1 fully saturated rings. The summed E-state index contributed by atoms with van der Waals surface area (Å²) in [5.41, 5.74) is 0.0324. The Morgan fingerprint density at radius 1 is 1.23 bits per heavy atom. The van der Waals surface area contributed by atoms with E-state index in [0.29, 0.717) is 17.6 Å². The Morgan fingerprint density at radius 2 is 1.77 bits per heavy atom. The van der Waals surface area contributed by atoms with E-state index in [-0.39, 0.29) is 10.8 Å². The topological polar surface area (TPSA) is 17.1 Å². The molecule has 0 spiro atoms. The van der Waals surface area contributed by atoms with Gasteiger partial charge in [0.25, 0.3) is 0 Å². The van der Waals surface area contributed by atoms with Gasteiger partial charge in [-0.3, -0.25) is 4.79 Å². The summed E-state index contributed by atoms with van der Waals surface area (Å²) >= 11 is 0. The monoisotopic (exact) mass is 178 g/mol. The van der Waals surface area contributed by atoms with E-state index < -0.39 is 0 Å². The molecular weight excluding hydrogens is 160 g/mol. The quantitative estimate of drug-likeness (QED) is 0.564. The Balaban J connectivity index is 2.50. The largest absolute Gasteiger partial charge is 0.299 e. The Bertz CT molecular complexity index is 287. The summed E-state index contributed by atoms with van der Waals surface area (Å²) in [6, 6.07) is 0. The lowest BCUT2D eigenvalue weighted by Gasteiger charge is -2.43. The first-order chi connectivity index (χ1) is 5.90. The fraction of sp³-hybridized carbons (Fsp3) is 0.750. The summed E-state index contributed by atoms with van der Waals surface area (Å²) in [5, 5.41) is 0. The van der Waals surface area contributed by atoms with Gasteiger partial charge in [0.1, 0.15) is 5.78 Å². The second-order valence-corrected chi connectivity index (χ2v) is 5.31. The molecule has 0 amide bonds. The molecule has 0 aliphatic heterocycles. The normalized spacial score (nSPS) is 45.5. The zero-order valence-electron chi connectivity index (χ0n) is 8.92. The minimum Gasteiger partial charge on any atom is -0.299 e. The average molecular weight is 178 g/mol. The molecule has 1 heteroatoms. The Morgan fingerprint density at radius 3 is 2.08 bits per heavy atom. The van der Waals surface area contributed by atoms with Gasteiger partial charge >= 0.3 is 0 Å². The number of carbonyl (C=O) groups excluding carboxylic acids is 1. The van der Waals surface area contributed by atoms with Crippen molar-refractivity contribution in [2.24, 2.45) is 22.7 Å². The molecule has 0 aromatic heterocycles. The standard InChI is InChI=1S/C12H18O/c1-8(13)12(4)10-6-5-9(7-10)11(12,2)3/h5-6,9-10H,7H2,1-4H3/t9-,10+,12?/m1/s1. The van der Waals surface area contributed by atoms with Gasteiger partial charge in [0.05, 0.1) is 0 Å². The third kappa shape index (κ3) is 0.806. The maximum Gasteiger partial charge on any atom is 0.136 e. The van der Waals surface area contributed by atoms with Crippen LogP contribution in [0.2, 0.25) is 0 Å². The number of hydrogen-bond acceptors (Lipinski definition) is 1. The third-order valence-electron chi connectivity index (χ3n) is 4.82. The highest BCUT2D eigenvalue weighted by atomic mass is 16.1. The van der Waals surface area contributed by atoms with Crippen molar-refractivity contribution >= 4 is 5.78 Å². The molecule has 1 saturated carbocycles. The molecule has 72 valence electrons. The van der Waals surface area contributed by atoms with E-state index in [1.807, 2.05) is 0 Å². The lowest BCUT2D eigenvalue weighted by atomic mass is 9.59. The van der Waals surface area contributed by atoms with Crippen molar-refractivity contribution < 1.29 is 4.79 Å². The highest BCUT2D eigenvalue weighted by Crippen LogP contribution is 2.63. The Kier molecular flexibility index (Phi) is 1.56. The van der Waals surface area contributed by atoms with Gasteiger partial charge in [-0.15, -0.1) is 0 Å². The van der Waals surface area contributed by atoms with Gasteiger partial charge in [-0.1, -0.05) is 32.9 Å². The molecular formula is C12H18O. The van der Waals surface area contributed by atoms with Crippen LogP contribution in [0.25, 0.3) is 0 Å². The second kappa shape index (κ2) is 2.26. The molecule has 13 heavy (non-hydrogen) atoms. The fourth-order valence-corrected chi connectivity index (χ4v) is 3.24.